The topological polar surface area (TPSA) is 26.3 Å². The van der Waals surface area contributed by atoms with E-state index in [2.05, 4.69) is 6.07 Å². The van der Waals surface area contributed by atoms with Crippen molar-refractivity contribution in [3.63, 3.8) is 0 Å². The molecule has 1 aromatic carbocycles. The molecule has 1 aromatic rings. The number of ketones is 1. The van der Waals surface area contributed by atoms with Crippen LogP contribution in [0, 0.1) is 5.92 Å². The highest BCUT2D eigenvalue weighted by atomic mass is 16.5. The normalized spacial score (nSPS) is 28.6. The summed E-state index contributed by atoms with van der Waals surface area (Å²) >= 11 is 0. The van der Waals surface area contributed by atoms with Crippen molar-refractivity contribution >= 4 is 5.78 Å². The summed E-state index contributed by atoms with van der Waals surface area (Å²) in [7, 11) is 0. The number of hydrogen-bond donors (Lipinski definition) is 0. The second kappa shape index (κ2) is 3.93. The van der Waals surface area contributed by atoms with Gasteiger partial charge in [-0.2, -0.15) is 0 Å². The molecule has 1 fully saturated rings. The maximum absolute atomic E-state index is 11.7. The first-order chi connectivity index (χ1) is 7.84. The molecule has 1 heterocycles. The van der Waals surface area contributed by atoms with E-state index in [0.29, 0.717) is 24.0 Å². The second-order valence-corrected chi connectivity index (χ2v) is 4.85. The minimum atomic E-state index is 0.403. The van der Waals surface area contributed by atoms with Crippen molar-refractivity contribution < 1.29 is 9.53 Å². The van der Waals surface area contributed by atoms with E-state index in [1.54, 1.807) is 0 Å². The van der Waals surface area contributed by atoms with Crippen molar-refractivity contribution in [3.05, 3.63) is 29.8 Å². The van der Waals surface area contributed by atoms with E-state index in [0.717, 1.165) is 31.6 Å². The summed E-state index contributed by atoms with van der Waals surface area (Å²) in [6, 6.07) is 8.17. The van der Waals surface area contributed by atoms with Crippen LogP contribution in [-0.2, 0) is 4.79 Å². The third kappa shape index (κ3) is 1.62. The standard InChI is InChI=1S/C14H16O2/c15-11-5-3-4-10-9-16-14-7-2-1-6-12(14)13(10)8-11/h1-2,6-7,10,13H,3-5,8-9H2. The van der Waals surface area contributed by atoms with Crippen molar-refractivity contribution in [3.8, 4) is 5.75 Å². The van der Waals surface area contributed by atoms with Crippen LogP contribution in [0.2, 0.25) is 0 Å². The molecule has 2 aliphatic rings. The zero-order valence-electron chi connectivity index (χ0n) is 9.32. The summed E-state index contributed by atoms with van der Waals surface area (Å²) in [6.45, 7) is 0.787. The number of hydrogen-bond acceptors (Lipinski definition) is 2. The average Bonchev–Trinajstić information content (AvgIpc) is 2.50. The Kier molecular flexibility index (Phi) is 2.43. The lowest BCUT2D eigenvalue weighted by Gasteiger charge is -2.31. The van der Waals surface area contributed by atoms with E-state index in [1.807, 2.05) is 18.2 Å². The molecule has 2 nitrogen and oxygen atoms in total. The van der Waals surface area contributed by atoms with Gasteiger partial charge in [0.25, 0.3) is 0 Å². The number of Topliss-reactive ketones (excluding diaryl/α,β-unsaturated/α-hetero) is 1. The number of carbonyl (C=O) groups excluding carboxylic acids is 1. The molecule has 0 aromatic heterocycles. The molecule has 0 amide bonds. The van der Waals surface area contributed by atoms with Crippen molar-refractivity contribution in [2.75, 3.05) is 6.61 Å². The monoisotopic (exact) mass is 216 g/mol. The summed E-state index contributed by atoms with van der Waals surface area (Å²) in [5.74, 6) is 2.35. The van der Waals surface area contributed by atoms with Gasteiger partial charge in [-0.15, -0.1) is 0 Å². The maximum Gasteiger partial charge on any atom is 0.133 e. The van der Waals surface area contributed by atoms with Crippen LogP contribution in [-0.4, -0.2) is 12.4 Å². The van der Waals surface area contributed by atoms with Crippen LogP contribution >= 0.6 is 0 Å². The van der Waals surface area contributed by atoms with E-state index in [4.69, 9.17) is 4.74 Å². The molecular formula is C14H16O2. The molecule has 3 rings (SSSR count). The van der Waals surface area contributed by atoms with Crippen LogP contribution in [0.25, 0.3) is 0 Å². The zero-order valence-corrected chi connectivity index (χ0v) is 9.32. The van der Waals surface area contributed by atoms with Crippen molar-refractivity contribution in [1.82, 2.24) is 0 Å². The zero-order chi connectivity index (χ0) is 11.0. The molecule has 0 N–H and O–H groups in total. The number of benzene rings is 1. The number of carbonyl (C=O) groups is 1. The van der Waals surface area contributed by atoms with Gasteiger partial charge in [0, 0.05) is 24.7 Å². The van der Waals surface area contributed by atoms with Gasteiger partial charge >= 0.3 is 0 Å². The van der Waals surface area contributed by atoms with E-state index in [9.17, 15) is 4.79 Å². The molecule has 2 heteroatoms. The Morgan fingerprint density at radius 3 is 3.06 bits per heavy atom. The van der Waals surface area contributed by atoms with Gasteiger partial charge in [0.15, 0.2) is 0 Å². The Morgan fingerprint density at radius 1 is 1.25 bits per heavy atom. The van der Waals surface area contributed by atoms with E-state index in [-0.39, 0.29) is 0 Å². The Labute approximate surface area is 95.6 Å². The van der Waals surface area contributed by atoms with Gasteiger partial charge in [0.05, 0.1) is 6.61 Å². The molecule has 0 radical (unpaired) electrons. The van der Waals surface area contributed by atoms with Crippen LogP contribution in [0.5, 0.6) is 5.75 Å². The van der Waals surface area contributed by atoms with Gasteiger partial charge in [0.2, 0.25) is 0 Å². The summed E-state index contributed by atoms with van der Waals surface area (Å²) in [6.07, 6.45) is 3.64. The quantitative estimate of drug-likeness (QED) is 0.666. The molecule has 84 valence electrons. The summed E-state index contributed by atoms with van der Waals surface area (Å²) in [5, 5.41) is 0. The lowest BCUT2D eigenvalue weighted by Crippen LogP contribution is -2.25. The Morgan fingerprint density at radius 2 is 2.12 bits per heavy atom. The van der Waals surface area contributed by atoms with Crippen LogP contribution in [0.3, 0.4) is 0 Å². The van der Waals surface area contributed by atoms with Crippen molar-refractivity contribution in [1.29, 1.82) is 0 Å². The van der Waals surface area contributed by atoms with Gasteiger partial charge in [-0.1, -0.05) is 18.2 Å². The molecule has 2 atom stereocenters. The van der Waals surface area contributed by atoms with Gasteiger partial charge in [-0.3, -0.25) is 4.79 Å². The molecule has 2 unspecified atom stereocenters. The smallest absolute Gasteiger partial charge is 0.133 e. The van der Waals surface area contributed by atoms with Crippen LogP contribution in [0.15, 0.2) is 24.3 Å². The summed E-state index contributed by atoms with van der Waals surface area (Å²) in [4.78, 5) is 11.7. The predicted octanol–water partition coefficient (Wildman–Crippen LogP) is 2.92. The third-order valence-corrected chi connectivity index (χ3v) is 3.82. The van der Waals surface area contributed by atoms with E-state index in [1.165, 1.54) is 5.56 Å². The number of para-hydroxylation sites is 1. The second-order valence-electron chi connectivity index (χ2n) is 4.85. The van der Waals surface area contributed by atoms with E-state index >= 15 is 0 Å². The highest BCUT2D eigenvalue weighted by Crippen LogP contribution is 2.42. The highest BCUT2D eigenvalue weighted by molar-refractivity contribution is 5.79. The fourth-order valence-corrected chi connectivity index (χ4v) is 2.96. The SMILES string of the molecule is O=C1CCCC2COc3ccccc3C2C1. The molecular weight excluding hydrogens is 200 g/mol. The minimum Gasteiger partial charge on any atom is -0.493 e. The molecule has 1 saturated carbocycles. The predicted molar refractivity (Wildman–Crippen MR) is 61.6 cm³/mol. The fourth-order valence-electron chi connectivity index (χ4n) is 2.96. The molecule has 0 saturated heterocycles. The lowest BCUT2D eigenvalue weighted by atomic mass is 9.81. The van der Waals surface area contributed by atoms with Crippen molar-refractivity contribution in [2.45, 2.75) is 31.6 Å². The maximum atomic E-state index is 11.7. The van der Waals surface area contributed by atoms with Crippen LogP contribution in [0.1, 0.15) is 37.2 Å². The first-order valence-electron chi connectivity index (χ1n) is 6.08. The van der Waals surface area contributed by atoms with Crippen molar-refractivity contribution in [2.24, 2.45) is 5.92 Å². The first-order valence-corrected chi connectivity index (χ1v) is 6.08. The summed E-state index contributed by atoms with van der Waals surface area (Å²) in [5.41, 5.74) is 1.24. The van der Waals surface area contributed by atoms with Gasteiger partial charge in [-0.25, -0.2) is 0 Å². The molecule has 0 bridgehead atoms. The summed E-state index contributed by atoms with van der Waals surface area (Å²) < 4.78 is 5.77. The Hall–Kier alpha value is -1.31. The number of fused-ring (bicyclic) bond motifs is 3. The molecule has 1 aliphatic heterocycles. The highest BCUT2D eigenvalue weighted by Gasteiger charge is 2.33. The molecule has 16 heavy (non-hydrogen) atoms. The lowest BCUT2D eigenvalue weighted by molar-refractivity contribution is -0.119. The van der Waals surface area contributed by atoms with Crippen LogP contribution in [0.4, 0.5) is 0 Å². The van der Waals surface area contributed by atoms with Crippen LogP contribution < -0.4 is 4.74 Å². The molecule has 0 spiro atoms. The van der Waals surface area contributed by atoms with E-state index < -0.39 is 0 Å². The van der Waals surface area contributed by atoms with Gasteiger partial charge in [0.1, 0.15) is 11.5 Å². The van der Waals surface area contributed by atoms with Gasteiger partial charge in [-0.05, 0) is 24.5 Å². The largest absolute Gasteiger partial charge is 0.493 e. The number of ether oxygens (including phenoxy) is 1. The average molecular weight is 216 g/mol. The molecule has 1 aliphatic carbocycles. The first kappa shape index (κ1) is 9.88. The third-order valence-electron chi connectivity index (χ3n) is 3.82. The Balaban J connectivity index is 1.98. The minimum absolute atomic E-state index is 0.403. The van der Waals surface area contributed by atoms with Gasteiger partial charge < -0.3 is 4.74 Å². The fraction of sp³-hybridized carbons (Fsp3) is 0.500. The number of rotatable bonds is 0. The Bertz CT molecular complexity index is 411.